The average molecular weight is 414 g/mol. The second-order valence-electron chi connectivity index (χ2n) is 6.42. The third-order valence-electron chi connectivity index (χ3n) is 4.42. The maximum Gasteiger partial charge on any atom is 0.244 e. The second-order valence-corrected chi connectivity index (χ2v) is 6.77. The van der Waals surface area contributed by atoms with E-state index in [0.29, 0.717) is 40.1 Å². The van der Waals surface area contributed by atoms with E-state index in [1.165, 1.54) is 22.9 Å². The topological polar surface area (TPSA) is 65.4 Å². The standard InChI is InChI=1S/C21H17ClFN3O3/c1-13-17(21(22)26(25-13)16-5-3-15(23)4-6-16)7-9-20(27)24-11-14-2-8-18-19(10-14)29-12-28-18/h2-10H,11-12H2,1H3,(H,24,27)/b9-7+. The molecule has 0 fully saturated rings. The number of hydrogen-bond donors (Lipinski definition) is 1. The van der Waals surface area contributed by atoms with E-state index >= 15 is 0 Å². The summed E-state index contributed by atoms with van der Waals surface area (Å²) in [6, 6.07) is 11.3. The molecule has 1 amide bonds. The van der Waals surface area contributed by atoms with Crippen LogP contribution in [0.1, 0.15) is 16.8 Å². The molecule has 0 spiro atoms. The van der Waals surface area contributed by atoms with Gasteiger partial charge in [0.2, 0.25) is 12.7 Å². The van der Waals surface area contributed by atoms with Crippen molar-refractivity contribution in [3.05, 3.63) is 76.3 Å². The van der Waals surface area contributed by atoms with Gasteiger partial charge in [0, 0.05) is 18.2 Å². The minimum atomic E-state index is -0.340. The summed E-state index contributed by atoms with van der Waals surface area (Å²) in [6.07, 6.45) is 3.01. The molecule has 0 atom stereocenters. The Labute approximate surface area is 171 Å². The lowest BCUT2D eigenvalue weighted by Crippen LogP contribution is -2.20. The Kier molecular flexibility index (Phi) is 5.22. The number of fused-ring (bicyclic) bond motifs is 1. The van der Waals surface area contributed by atoms with E-state index < -0.39 is 0 Å². The number of carbonyl (C=O) groups is 1. The third kappa shape index (κ3) is 4.09. The van der Waals surface area contributed by atoms with Crippen LogP contribution >= 0.6 is 11.6 Å². The first-order valence-electron chi connectivity index (χ1n) is 8.87. The zero-order chi connectivity index (χ0) is 20.4. The largest absolute Gasteiger partial charge is 0.454 e. The number of halogens is 2. The molecular weight excluding hydrogens is 397 g/mol. The van der Waals surface area contributed by atoms with Crippen LogP contribution in [-0.2, 0) is 11.3 Å². The zero-order valence-electron chi connectivity index (χ0n) is 15.5. The fraction of sp³-hybridized carbons (Fsp3) is 0.143. The lowest BCUT2D eigenvalue weighted by atomic mass is 10.2. The summed E-state index contributed by atoms with van der Waals surface area (Å²) in [5.74, 6) is 0.756. The number of nitrogens with one attached hydrogen (secondary N) is 1. The molecule has 0 unspecified atom stereocenters. The van der Waals surface area contributed by atoms with Gasteiger partial charge in [-0.3, -0.25) is 4.79 Å². The molecular formula is C21H17ClFN3O3. The van der Waals surface area contributed by atoms with Gasteiger partial charge in [0.15, 0.2) is 11.5 Å². The van der Waals surface area contributed by atoms with Crippen molar-refractivity contribution in [3.8, 4) is 17.2 Å². The zero-order valence-corrected chi connectivity index (χ0v) is 16.2. The number of aromatic nitrogens is 2. The molecule has 8 heteroatoms. The molecule has 0 saturated carbocycles. The Morgan fingerprint density at radius 3 is 2.79 bits per heavy atom. The van der Waals surface area contributed by atoms with Crippen LogP contribution in [0, 0.1) is 12.7 Å². The predicted molar refractivity (Wildman–Crippen MR) is 107 cm³/mol. The number of rotatable bonds is 5. The highest BCUT2D eigenvalue weighted by atomic mass is 35.5. The predicted octanol–water partition coefficient (Wildman–Crippen LogP) is 4.03. The van der Waals surface area contributed by atoms with Crippen LogP contribution < -0.4 is 14.8 Å². The van der Waals surface area contributed by atoms with Crippen LogP contribution in [0.25, 0.3) is 11.8 Å². The summed E-state index contributed by atoms with van der Waals surface area (Å²) in [7, 11) is 0. The summed E-state index contributed by atoms with van der Waals surface area (Å²) >= 11 is 6.41. The molecule has 6 nitrogen and oxygen atoms in total. The van der Waals surface area contributed by atoms with Gasteiger partial charge in [-0.2, -0.15) is 5.10 Å². The highest BCUT2D eigenvalue weighted by Crippen LogP contribution is 2.32. The molecule has 0 radical (unpaired) electrons. The first-order chi connectivity index (χ1) is 14.0. The molecule has 0 saturated heterocycles. The number of carbonyl (C=O) groups excluding carboxylic acids is 1. The van der Waals surface area contributed by atoms with E-state index in [1.54, 1.807) is 25.1 Å². The van der Waals surface area contributed by atoms with E-state index in [0.717, 1.165) is 5.56 Å². The monoisotopic (exact) mass is 413 g/mol. The van der Waals surface area contributed by atoms with E-state index in [2.05, 4.69) is 10.4 Å². The molecule has 1 N–H and O–H groups in total. The van der Waals surface area contributed by atoms with Gasteiger partial charge in [0.1, 0.15) is 11.0 Å². The quantitative estimate of drug-likeness (QED) is 0.641. The molecule has 29 heavy (non-hydrogen) atoms. The third-order valence-corrected chi connectivity index (χ3v) is 4.79. The lowest BCUT2D eigenvalue weighted by molar-refractivity contribution is -0.116. The summed E-state index contributed by atoms with van der Waals surface area (Å²) in [5.41, 5.74) is 2.80. The Bertz CT molecular complexity index is 1090. The van der Waals surface area contributed by atoms with Gasteiger partial charge >= 0.3 is 0 Å². The number of amides is 1. The van der Waals surface area contributed by atoms with Crippen molar-refractivity contribution >= 4 is 23.6 Å². The minimum absolute atomic E-state index is 0.208. The summed E-state index contributed by atoms with van der Waals surface area (Å²) in [4.78, 5) is 12.2. The summed E-state index contributed by atoms with van der Waals surface area (Å²) in [5, 5.41) is 7.52. The van der Waals surface area contributed by atoms with Crippen molar-refractivity contribution in [1.29, 1.82) is 0 Å². The van der Waals surface area contributed by atoms with E-state index in [9.17, 15) is 9.18 Å². The van der Waals surface area contributed by atoms with Crippen LogP contribution in [0.2, 0.25) is 5.15 Å². The van der Waals surface area contributed by atoms with Gasteiger partial charge in [-0.1, -0.05) is 17.7 Å². The van der Waals surface area contributed by atoms with Crippen LogP contribution in [0.3, 0.4) is 0 Å². The molecule has 2 aromatic carbocycles. The first kappa shape index (κ1) is 19.0. The number of nitrogens with zero attached hydrogens (tertiary/aromatic N) is 2. The van der Waals surface area contributed by atoms with E-state index in [1.807, 2.05) is 18.2 Å². The number of benzene rings is 2. The molecule has 148 valence electrons. The van der Waals surface area contributed by atoms with Gasteiger partial charge in [-0.15, -0.1) is 0 Å². The molecule has 2 heterocycles. The molecule has 4 rings (SSSR count). The van der Waals surface area contributed by atoms with Crippen molar-refractivity contribution in [2.24, 2.45) is 0 Å². The van der Waals surface area contributed by atoms with Crippen molar-refractivity contribution < 1.29 is 18.7 Å². The van der Waals surface area contributed by atoms with Gasteiger partial charge in [-0.05, 0) is 55.0 Å². The number of hydrogen-bond acceptors (Lipinski definition) is 4. The van der Waals surface area contributed by atoms with Crippen LogP contribution in [0.5, 0.6) is 11.5 Å². The average Bonchev–Trinajstić information content (AvgIpc) is 3.29. The smallest absolute Gasteiger partial charge is 0.244 e. The molecule has 1 aliphatic rings. The van der Waals surface area contributed by atoms with E-state index in [-0.39, 0.29) is 18.5 Å². The molecule has 0 bridgehead atoms. The molecule has 0 aliphatic carbocycles. The highest BCUT2D eigenvalue weighted by Gasteiger charge is 2.14. The molecule has 3 aromatic rings. The maximum absolute atomic E-state index is 13.1. The van der Waals surface area contributed by atoms with Gasteiger partial charge in [0.05, 0.1) is 11.4 Å². The van der Waals surface area contributed by atoms with Gasteiger partial charge in [-0.25, -0.2) is 9.07 Å². The van der Waals surface area contributed by atoms with Crippen LogP contribution in [0.15, 0.2) is 48.5 Å². The van der Waals surface area contributed by atoms with Gasteiger partial charge < -0.3 is 14.8 Å². The van der Waals surface area contributed by atoms with Crippen molar-refractivity contribution in [1.82, 2.24) is 15.1 Å². The van der Waals surface area contributed by atoms with Crippen LogP contribution in [0.4, 0.5) is 4.39 Å². The minimum Gasteiger partial charge on any atom is -0.454 e. The molecule has 1 aliphatic heterocycles. The Morgan fingerprint density at radius 2 is 2.00 bits per heavy atom. The SMILES string of the molecule is Cc1nn(-c2ccc(F)cc2)c(Cl)c1/C=C/C(=O)NCc1ccc2c(c1)OCO2. The second kappa shape index (κ2) is 7.97. The number of ether oxygens (including phenoxy) is 2. The van der Waals surface area contributed by atoms with E-state index in [4.69, 9.17) is 21.1 Å². The van der Waals surface area contributed by atoms with Crippen molar-refractivity contribution in [3.63, 3.8) is 0 Å². The molecule has 1 aromatic heterocycles. The summed E-state index contributed by atoms with van der Waals surface area (Å²) in [6.45, 7) is 2.34. The Hall–Kier alpha value is -3.32. The lowest BCUT2D eigenvalue weighted by Gasteiger charge is -2.04. The number of aryl methyl sites for hydroxylation is 1. The fourth-order valence-electron chi connectivity index (χ4n) is 2.91. The Morgan fingerprint density at radius 1 is 1.24 bits per heavy atom. The Balaban J connectivity index is 1.43. The normalized spacial score (nSPS) is 12.5. The van der Waals surface area contributed by atoms with Crippen LogP contribution in [-0.4, -0.2) is 22.5 Å². The van der Waals surface area contributed by atoms with Crippen molar-refractivity contribution in [2.45, 2.75) is 13.5 Å². The first-order valence-corrected chi connectivity index (χ1v) is 9.24. The summed E-state index contributed by atoms with van der Waals surface area (Å²) < 4.78 is 25.2. The van der Waals surface area contributed by atoms with Gasteiger partial charge in [0.25, 0.3) is 0 Å². The van der Waals surface area contributed by atoms with Crippen molar-refractivity contribution in [2.75, 3.05) is 6.79 Å². The highest BCUT2D eigenvalue weighted by molar-refractivity contribution is 6.31. The maximum atomic E-state index is 13.1. The fourth-order valence-corrected chi connectivity index (χ4v) is 3.25.